The van der Waals surface area contributed by atoms with Crippen LogP contribution in [0.15, 0.2) is 35.9 Å². The molecule has 3 N–H and O–H groups in total. The number of epoxide rings is 1. The van der Waals surface area contributed by atoms with E-state index in [0.29, 0.717) is 23.6 Å². The molecule has 0 aliphatic carbocycles. The van der Waals surface area contributed by atoms with Gasteiger partial charge in [-0.15, -0.1) is 0 Å². The van der Waals surface area contributed by atoms with Crippen molar-refractivity contribution < 1.29 is 48.3 Å². The molecule has 3 aliphatic heterocycles. The fourth-order valence-corrected chi connectivity index (χ4v) is 7.01. The minimum absolute atomic E-state index is 0.180. The number of methoxy groups -OCH3 is 1. The van der Waals surface area contributed by atoms with Gasteiger partial charge in [0.1, 0.15) is 40.7 Å². The second kappa shape index (κ2) is 15.9. The molecule has 4 rings (SSSR count). The van der Waals surface area contributed by atoms with Crippen molar-refractivity contribution in [2.75, 3.05) is 38.1 Å². The summed E-state index contributed by atoms with van der Waals surface area (Å²) in [5.74, 6) is -1.03. The lowest BCUT2D eigenvalue weighted by Crippen LogP contribution is -2.63. The highest BCUT2D eigenvalue weighted by molar-refractivity contribution is 7.98. The lowest BCUT2D eigenvalue weighted by Gasteiger charge is -2.41. The zero-order chi connectivity index (χ0) is 37.1. The van der Waals surface area contributed by atoms with Gasteiger partial charge >= 0.3 is 12.1 Å². The van der Waals surface area contributed by atoms with Gasteiger partial charge in [-0.2, -0.15) is 11.8 Å². The molecule has 0 saturated carbocycles. The van der Waals surface area contributed by atoms with Crippen LogP contribution >= 0.6 is 23.4 Å². The van der Waals surface area contributed by atoms with Gasteiger partial charge in [0.25, 0.3) is 0 Å². The van der Waals surface area contributed by atoms with Crippen LogP contribution in [-0.4, -0.2) is 114 Å². The van der Waals surface area contributed by atoms with Gasteiger partial charge in [-0.1, -0.05) is 42.3 Å². The van der Waals surface area contributed by atoms with Crippen molar-refractivity contribution in [2.24, 2.45) is 5.92 Å². The summed E-state index contributed by atoms with van der Waals surface area (Å²) < 4.78 is 23.3. The van der Waals surface area contributed by atoms with Gasteiger partial charge in [-0.3, -0.25) is 14.9 Å². The number of anilines is 1. The van der Waals surface area contributed by atoms with Gasteiger partial charge in [0.2, 0.25) is 11.8 Å². The zero-order valence-electron chi connectivity index (χ0n) is 29.7. The van der Waals surface area contributed by atoms with Crippen LogP contribution in [0, 0.1) is 5.92 Å². The molecule has 13 nitrogen and oxygen atoms in total. The molecule has 3 amide bonds. The van der Waals surface area contributed by atoms with Crippen LogP contribution in [-0.2, 0) is 35.0 Å². The number of nitrogens with one attached hydrogen (secondary N) is 1. The van der Waals surface area contributed by atoms with E-state index < -0.39 is 65.7 Å². The van der Waals surface area contributed by atoms with E-state index in [1.54, 1.807) is 52.1 Å². The van der Waals surface area contributed by atoms with Crippen LogP contribution in [0.25, 0.3) is 0 Å². The topological polar surface area (TPSA) is 167 Å². The number of fused-ring (bicyclic) bond motifs is 5. The Bertz CT molecular complexity index is 1540. The molecule has 0 radical (unpaired) electrons. The Labute approximate surface area is 302 Å². The molecule has 4 bridgehead atoms. The Morgan fingerprint density at radius 1 is 1.30 bits per heavy atom. The van der Waals surface area contributed by atoms with E-state index in [-0.39, 0.29) is 30.2 Å². The van der Waals surface area contributed by atoms with Crippen molar-refractivity contribution in [2.45, 2.75) is 95.2 Å². The third-order valence-corrected chi connectivity index (χ3v) is 10.8. The minimum atomic E-state index is -2.05. The fraction of sp³-hybridized carbons (Fsp3) is 0.600. The number of ether oxygens (including phenoxy) is 4. The van der Waals surface area contributed by atoms with Crippen LogP contribution in [0.5, 0.6) is 5.75 Å². The Morgan fingerprint density at radius 3 is 2.66 bits per heavy atom. The molecule has 276 valence electrons. The second-order valence-corrected chi connectivity index (χ2v) is 14.8. The van der Waals surface area contributed by atoms with Crippen molar-refractivity contribution in [3.05, 3.63) is 46.5 Å². The van der Waals surface area contributed by atoms with Crippen LogP contribution in [0.2, 0.25) is 5.02 Å². The quantitative estimate of drug-likeness (QED) is 0.276. The van der Waals surface area contributed by atoms with Crippen molar-refractivity contribution >= 4 is 52.9 Å². The molecule has 3 heterocycles. The number of allylic oxidation sites excluding steroid dienone is 3. The van der Waals surface area contributed by atoms with E-state index in [1.165, 1.54) is 41.8 Å². The number of rotatable bonds is 7. The number of alkyl carbamates (subject to hydrolysis) is 1. The summed E-state index contributed by atoms with van der Waals surface area (Å²) in [5.41, 5.74) is -1.26. The number of carbonyl (C=O) groups excluding carboxylic acids is 4. The highest BCUT2D eigenvalue weighted by Crippen LogP contribution is 2.49. The molecule has 0 spiro atoms. The number of thioether (sulfide) groups is 1. The van der Waals surface area contributed by atoms with Gasteiger partial charge in [0.05, 0.1) is 25.3 Å². The predicted octanol–water partition coefficient (Wildman–Crippen LogP) is 3.61. The lowest BCUT2D eigenvalue weighted by molar-refractivity contribution is -0.161. The zero-order valence-corrected chi connectivity index (χ0v) is 31.3. The molecule has 2 saturated heterocycles. The summed E-state index contributed by atoms with van der Waals surface area (Å²) in [6.45, 7) is 6.87. The SMILES string of the molecule is COc1cc2cc(c1Cl)N(C)C(=O)C[C@H](OC(=O)[C@H](C)N(C)C(=O)CCSC)[C@]1(C)O[C@H]1[C@H](C)[C@@H]1C[C@@](O)(NC(=O)O1)[C@H](O)/C=C/C=C(\C)C2. The first-order chi connectivity index (χ1) is 23.4. The number of aliphatic hydroxyl groups excluding tert-OH is 1. The lowest BCUT2D eigenvalue weighted by atomic mass is 9.83. The number of carbonyl (C=O) groups is 4. The number of likely N-dealkylation sites (N-methyl/N-ethyl adjacent to an activating group) is 1. The Kier molecular flexibility index (Phi) is 12.6. The highest BCUT2D eigenvalue weighted by Gasteiger charge is 2.64. The molecule has 0 unspecified atom stereocenters. The summed E-state index contributed by atoms with van der Waals surface area (Å²) in [4.78, 5) is 55.7. The second-order valence-electron chi connectivity index (χ2n) is 13.4. The van der Waals surface area contributed by atoms with Crippen molar-refractivity contribution in [1.82, 2.24) is 10.2 Å². The average Bonchev–Trinajstić information content (AvgIpc) is 3.77. The maximum atomic E-state index is 14.0. The fourth-order valence-electron chi connectivity index (χ4n) is 6.32. The molecular formula is C35H48ClN3O10S. The number of benzene rings is 1. The summed E-state index contributed by atoms with van der Waals surface area (Å²) in [6.07, 6.45) is 1.62. The first kappa shape index (κ1) is 39.5. The number of hydrogen-bond donors (Lipinski definition) is 3. The summed E-state index contributed by atoms with van der Waals surface area (Å²) in [6, 6.07) is 2.56. The summed E-state index contributed by atoms with van der Waals surface area (Å²) in [7, 11) is 4.56. The standard InChI is InChI=1S/C35H48ClN3O10S/c1-19-10-9-11-26(40)35(45)18-25(47-33(44)37-35)20(2)31-34(4,49-31)27(48-32(43)21(3)38(5)28(41)12-13-50-8)17-29(42)39(6)23-15-22(14-19)16-24(46-7)30(23)36/h9-11,15-16,20-21,25-27,31,40,45H,12-14,17-18H2,1-8H3,(H,37,44)/b11-9+,19-10+/t20-,21+,25+,26-,27+,31+,34+,35+/m1/s1. The number of nitrogens with zero attached hydrogens (tertiary/aromatic N) is 2. The number of hydrogen-bond acceptors (Lipinski definition) is 11. The maximum absolute atomic E-state index is 14.0. The summed E-state index contributed by atoms with van der Waals surface area (Å²) in [5, 5.41) is 24.9. The smallest absolute Gasteiger partial charge is 0.409 e. The van der Waals surface area contributed by atoms with Crippen molar-refractivity contribution in [1.29, 1.82) is 0 Å². The van der Waals surface area contributed by atoms with Gasteiger partial charge < -0.3 is 39.0 Å². The van der Waals surface area contributed by atoms with Crippen molar-refractivity contribution in [3.63, 3.8) is 0 Å². The average molecular weight is 738 g/mol. The number of amides is 3. The van der Waals surface area contributed by atoms with E-state index in [0.717, 1.165) is 11.1 Å². The van der Waals surface area contributed by atoms with Crippen LogP contribution in [0.4, 0.5) is 10.5 Å². The monoisotopic (exact) mass is 737 g/mol. The van der Waals surface area contributed by atoms with E-state index >= 15 is 0 Å². The molecule has 1 aromatic rings. The molecule has 1 aromatic carbocycles. The molecule has 2 fully saturated rings. The van der Waals surface area contributed by atoms with E-state index in [1.807, 2.05) is 13.2 Å². The summed E-state index contributed by atoms with van der Waals surface area (Å²) >= 11 is 8.23. The van der Waals surface area contributed by atoms with Gasteiger partial charge in [-0.05, 0) is 51.1 Å². The number of aliphatic hydroxyl groups is 2. The van der Waals surface area contributed by atoms with Gasteiger partial charge in [-0.25, -0.2) is 9.59 Å². The number of halogens is 1. The minimum Gasteiger partial charge on any atom is -0.495 e. The van der Waals surface area contributed by atoms with E-state index in [4.69, 9.17) is 30.5 Å². The molecule has 0 aromatic heterocycles. The van der Waals surface area contributed by atoms with E-state index in [2.05, 4.69) is 5.32 Å². The molecular weight excluding hydrogens is 690 g/mol. The Balaban J connectivity index is 1.75. The Morgan fingerprint density at radius 2 is 2.00 bits per heavy atom. The normalized spacial score (nSPS) is 32.3. The molecule has 3 aliphatic rings. The highest BCUT2D eigenvalue weighted by atomic mass is 35.5. The molecule has 15 heteroatoms. The van der Waals surface area contributed by atoms with Crippen LogP contribution in [0.1, 0.15) is 52.5 Å². The maximum Gasteiger partial charge on any atom is 0.409 e. The number of esters is 1. The third kappa shape index (κ3) is 8.59. The van der Waals surface area contributed by atoms with E-state index in [9.17, 15) is 29.4 Å². The predicted molar refractivity (Wildman–Crippen MR) is 189 cm³/mol. The van der Waals surface area contributed by atoms with Crippen molar-refractivity contribution in [3.8, 4) is 5.75 Å². The first-order valence-electron chi connectivity index (χ1n) is 16.4. The van der Waals surface area contributed by atoms with Crippen LogP contribution < -0.4 is 15.0 Å². The van der Waals surface area contributed by atoms with Gasteiger partial charge in [0, 0.05) is 38.6 Å². The Hall–Kier alpha value is -3.30. The first-order valence-corrected chi connectivity index (χ1v) is 18.2. The largest absolute Gasteiger partial charge is 0.495 e. The molecule has 8 atom stereocenters. The molecule has 50 heavy (non-hydrogen) atoms. The third-order valence-electron chi connectivity index (χ3n) is 9.82. The van der Waals surface area contributed by atoms with Gasteiger partial charge in [0.15, 0.2) is 5.72 Å². The van der Waals surface area contributed by atoms with Crippen LogP contribution in [0.3, 0.4) is 0 Å².